The van der Waals surface area contributed by atoms with Gasteiger partial charge in [-0.3, -0.25) is 4.68 Å². The quantitative estimate of drug-likeness (QED) is 0.804. The van der Waals surface area contributed by atoms with Crippen LogP contribution in [0.3, 0.4) is 0 Å². The molecule has 0 bridgehead atoms. The van der Waals surface area contributed by atoms with Gasteiger partial charge < -0.3 is 5.11 Å². The Balaban J connectivity index is 2.00. The fourth-order valence-electron chi connectivity index (χ4n) is 1.70. The van der Waals surface area contributed by atoms with Gasteiger partial charge in [0.05, 0.1) is 6.20 Å². The van der Waals surface area contributed by atoms with E-state index in [9.17, 15) is 8.42 Å². The molecule has 1 aromatic heterocycles. The first-order chi connectivity index (χ1) is 10.0. The fraction of sp³-hybridized carbons (Fsp3) is 0.308. The highest BCUT2D eigenvalue weighted by molar-refractivity contribution is 7.89. The Morgan fingerprint density at radius 1 is 1.29 bits per heavy atom. The van der Waals surface area contributed by atoms with Crippen LogP contribution in [-0.2, 0) is 23.1 Å². The first-order valence-corrected chi connectivity index (χ1v) is 8.25. The molecule has 0 aliphatic rings. The number of aliphatic hydroxyl groups is 1. The zero-order valence-electron chi connectivity index (χ0n) is 11.2. The van der Waals surface area contributed by atoms with Crippen molar-refractivity contribution in [3.8, 4) is 0 Å². The van der Waals surface area contributed by atoms with Crippen molar-refractivity contribution < 1.29 is 13.5 Å². The van der Waals surface area contributed by atoms with E-state index in [1.54, 1.807) is 24.3 Å². The van der Waals surface area contributed by atoms with Crippen LogP contribution in [0.15, 0.2) is 41.6 Å². The summed E-state index contributed by atoms with van der Waals surface area (Å²) in [5.74, 6) is 0. The molecular formula is C13H16ClN3O3S. The number of sulfonamides is 1. The lowest BCUT2D eigenvalue weighted by Gasteiger charge is -2.05. The summed E-state index contributed by atoms with van der Waals surface area (Å²) in [5.41, 5.74) is 0.815. The van der Waals surface area contributed by atoms with Gasteiger partial charge in [0.1, 0.15) is 4.90 Å². The van der Waals surface area contributed by atoms with Gasteiger partial charge in [-0.15, -0.1) is 0 Å². The normalized spacial score (nSPS) is 11.7. The van der Waals surface area contributed by atoms with Gasteiger partial charge in [0.15, 0.2) is 0 Å². The van der Waals surface area contributed by atoms with E-state index in [1.165, 1.54) is 17.1 Å². The maximum absolute atomic E-state index is 12.1. The minimum atomic E-state index is -3.60. The molecular weight excluding hydrogens is 314 g/mol. The van der Waals surface area contributed by atoms with Crippen molar-refractivity contribution in [2.75, 3.05) is 6.61 Å². The molecule has 8 heteroatoms. The number of hydrogen-bond acceptors (Lipinski definition) is 4. The van der Waals surface area contributed by atoms with Crippen molar-refractivity contribution in [2.45, 2.75) is 24.4 Å². The van der Waals surface area contributed by atoms with Crippen molar-refractivity contribution in [3.63, 3.8) is 0 Å². The van der Waals surface area contributed by atoms with E-state index in [1.807, 2.05) is 0 Å². The minimum Gasteiger partial charge on any atom is -0.396 e. The standard InChI is InChI=1S/C13H16ClN3O3S/c14-12-4-2-11(3-5-12)8-16-21(19,20)13-9-15-17(10-13)6-1-7-18/h2-5,9-10,16,18H,1,6-8H2. The minimum absolute atomic E-state index is 0.0385. The number of rotatable bonds is 7. The van der Waals surface area contributed by atoms with Crippen LogP contribution in [0.25, 0.3) is 0 Å². The summed E-state index contributed by atoms with van der Waals surface area (Å²) in [6.07, 6.45) is 3.26. The van der Waals surface area contributed by atoms with E-state index in [4.69, 9.17) is 16.7 Å². The molecule has 0 aliphatic heterocycles. The number of nitrogens with one attached hydrogen (secondary N) is 1. The van der Waals surface area contributed by atoms with E-state index in [0.717, 1.165) is 5.56 Å². The highest BCUT2D eigenvalue weighted by Gasteiger charge is 2.16. The molecule has 0 radical (unpaired) electrons. The topological polar surface area (TPSA) is 84.2 Å². The van der Waals surface area contributed by atoms with Crippen LogP contribution in [0.4, 0.5) is 0 Å². The predicted octanol–water partition coefficient (Wildman–Crippen LogP) is 1.40. The lowest BCUT2D eigenvalue weighted by Crippen LogP contribution is -2.22. The number of aliphatic hydroxyl groups excluding tert-OH is 1. The third-order valence-electron chi connectivity index (χ3n) is 2.84. The molecule has 0 saturated carbocycles. The molecule has 0 spiro atoms. The highest BCUT2D eigenvalue weighted by Crippen LogP contribution is 2.11. The van der Waals surface area contributed by atoms with Crippen LogP contribution in [0, 0.1) is 0 Å². The van der Waals surface area contributed by atoms with Gasteiger partial charge in [0.25, 0.3) is 0 Å². The zero-order chi connectivity index (χ0) is 15.3. The number of hydrogen-bond donors (Lipinski definition) is 2. The van der Waals surface area contributed by atoms with Crippen molar-refractivity contribution >= 4 is 21.6 Å². The SMILES string of the molecule is O=S(=O)(NCc1ccc(Cl)cc1)c1cnn(CCCO)c1. The van der Waals surface area contributed by atoms with Crippen LogP contribution in [0.5, 0.6) is 0 Å². The van der Waals surface area contributed by atoms with E-state index in [-0.39, 0.29) is 18.0 Å². The number of aromatic nitrogens is 2. The molecule has 1 aromatic carbocycles. The Labute approximate surface area is 128 Å². The van der Waals surface area contributed by atoms with Gasteiger partial charge in [-0.1, -0.05) is 23.7 Å². The van der Waals surface area contributed by atoms with Crippen molar-refractivity contribution in [1.29, 1.82) is 0 Å². The Morgan fingerprint density at radius 3 is 2.67 bits per heavy atom. The highest BCUT2D eigenvalue weighted by atomic mass is 35.5. The zero-order valence-corrected chi connectivity index (χ0v) is 12.8. The average molecular weight is 330 g/mol. The second-order valence-electron chi connectivity index (χ2n) is 4.47. The van der Waals surface area contributed by atoms with Gasteiger partial charge in [-0.2, -0.15) is 5.10 Å². The summed E-state index contributed by atoms with van der Waals surface area (Å²) in [6, 6.07) is 6.93. The Bertz CT molecular complexity index is 683. The molecule has 114 valence electrons. The molecule has 21 heavy (non-hydrogen) atoms. The summed E-state index contributed by atoms with van der Waals surface area (Å²) in [6.45, 7) is 0.696. The monoisotopic (exact) mass is 329 g/mol. The van der Waals surface area contributed by atoms with Gasteiger partial charge >= 0.3 is 0 Å². The molecule has 1 heterocycles. The van der Waals surface area contributed by atoms with Crippen LogP contribution in [-0.4, -0.2) is 29.9 Å². The number of benzene rings is 1. The number of nitrogens with zero attached hydrogens (tertiary/aromatic N) is 2. The molecule has 0 unspecified atom stereocenters. The molecule has 6 nitrogen and oxygen atoms in total. The molecule has 0 amide bonds. The van der Waals surface area contributed by atoms with E-state index in [2.05, 4.69) is 9.82 Å². The van der Waals surface area contributed by atoms with Gasteiger partial charge in [-0.25, -0.2) is 13.1 Å². The largest absolute Gasteiger partial charge is 0.396 e. The van der Waals surface area contributed by atoms with E-state index >= 15 is 0 Å². The third-order valence-corrected chi connectivity index (χ3v) is 4.45. The second-order valence-corrected chi connectivity index (χ2v) is 6.67. The lowest BCUT2D eigenvalue weighted by molar-refractivity contribution is 0.277. The summed E-state index contributed by atoms with van der Waals surface area (Å²) >= 11 is 5.77. The summed E-state index contributed by atoms with van der Waals surface area (Å²) in [7, 11) is -3.60. The van der Waals surface area contributed by atoms with Crippen LogP contribution in [0.2, 0.25) is 5.02 Å². The molecule has 0 fully saturated rings. The fourth-order valence-corrected chi connectivity index (χ4v) is 2.80. The first kappa shape index (κ1) is 16.0. The number of halogens is 1. The first-order valence-electron chi connectivity index (χ1n) is 6.39. The molecule has 0 aliphatic carbocycles. The smallest absolute Gasteiger partial charge is 0.243 e. The van der Waals surface area contributed by atoms with Crippen molar-refractivity contribution in [2.24, 2.45) is 0 Å². The summed E-state index contributed by atoms with van der Waals surface area (Å²) in [5, 5.41) is 13.3. The molecule has 2 rings (SSSR count). The Hall–Kier alpha value is -1.41. The van der Waals surface area contributed by atoms with E-state index in [0.29, 0.717) is 18.0 Å². The van der Waals surface area contributed by atoms with Gasteiger partial charge in [0.2, 0.25) is 10.0 Å². The van der Waals surface area contributed by atoms with Crippen LogP contribution >= 0.6 is 11.6 Å². The van der Waals surface area contributed by atoms with Gasteiger partial charge in [0, 0.05) is 30.9 Å². The molecule has 2 aromatic rings. The summed E-state index contributed by atoms with van der Waals surface area (Å²) < 4.78 is 28.2. The Morgan fingerprint density at radius 2 is 2.00 bits per heavy atom. The Kier molecular flexibility index (Phi) is 5.35. The summed E-state index contributed by atoms with van der Waals surface area (Å²) in [4.78, 5) is 0.106. The molecule has 2 N–H and O–H groups in total. The van der Waals surface area contributed by atoms with Crippen molar-refractivity contribution in [3.05, 3.63) is 47.2 Å². The number of aryl methyl sites for hydroxylation is 1. The second kappa shape index (κ2) is 7.04. The average Bonchev–Trinajstić information content (AvgIpc) is 2.94. The van der Waals surface area contributed by atoms with E-state index < -0.39 is 10.0 Å². The molecule has 0 saturated heterocycles. The maximum Gasteiger partial charge on any atom is 0.243 e. The molecule has 0 atom stereocenters. The van der Waals surface area contributed by atoms with Crippen LogP contribution in [0.1, 0.15) is 12.0 Å². The van der Waals surface area contributed by atoms with Gasteiger partial charge in [-0.05, 0) is 24.1 Å². The predicted molar refractivity (Wildman–Crippen MR) is 79.4 cm³/mol. The lowest BCUT2D eigenvalue weighted by atomic mass is 10.2. The third kappa shape index (κ3) is 4.53. The van der Waals surface area contributed by atoms with Crippen molar-refractivity contribution in [1.82, 2.24) is 14.5 Å². The van der Waals surface area contributed by atoms with Crippen LogP contribution < -0.4 is 4.72 Å². The maximum atomic E-state index is 12.1.